The minimum atomic E-state index is 0. The lowest BCUT2D eigenvalue weighted by molar-refractivity contribution is 0.198. The van der Waals surface area contributed by atoms with Crippen LogP contribution >= 0.6 is 24.0 Å². The molecule has 0 radical (unpaired) electrons. The predicted molar refractivity (Wildman–Crippen MR) is 127 cm³/mol. The lowest BCUT2D eigenvalue weighted by Crippen LogP contribution is -2.49. The van der Waals surface area contributed by atoms with E-state index < -0.39 is 0 Å². The fourth-order valence-corrected chi connectivity index (χ4v) is 4.04. The van der Waals surface area contributed by atoms with E-state index >= 15 is 0 Å². The SMILES string of the molecule is CN=C(NC1CCN(Cc2ccccc2)CC1)NC1CC1c1ccccc1.I. The quantitative estimate of drug-likeness (QED) is 0.379. The van der Waals surface area contributed by atoms with Crippen LogP contribution in [0.15, 0.2) is 65.7 Å². The topological polar surface area (TPSA) is 39.7 Å². The van der Waals surface area contributed by atoms with Gasteiger partial charge in [0.25, 0.3) is 0 Å². The highest BCUT2D eigenvalue weighted by Gasteiger charge is 2.39. The molecular weight excluding hydrogens is 459 g/mol. The first-order valence-corrected chi connectivity index (χ1v) is 10.1. The van der Waals surface area contributed by atoms with Crippen molar-refractivity contribution < 1.29 is 0 Å². The van der Waals surface area contributed by atoms with E-state index in [-0.39, 0.29) is 24.0 Å². The van der Waals surface area contributed by atoms with E-state index in [9.17, 15) is 0 Å². The monoisotopic (exact) mass is 490 g/mol. The Balaban J connectivity index is 0.00000225. The molecule has 4 nitrogen and oxygen atoms in total. The Labute approximate surface area is 185 Å². The van der Waals surface area contributed by atoms with E-state index in [1.165, 1.54) is 30.4 Å². The van der Waals surface area contributed by atoms with E-state index in [1.807, 2.05) is 7.05 Å². The molecule has 1 aliphatic heterocycles. The summed E-state index contributed by atoms with van der Waals surface area (Å²) >= 11 is 0. The van der Waals surface area contributed by atoms with Gasteiger partial charge in [-0.05, 0) is 30.4 Å². The molecule has 2 aliphatic rings. The van der Waals surface area contributed by atoms with Crippen LogP contribution in [0.2, 0.25) is 0 Å². The van der Waals surface area contributed by atoms with Crippen molar-refractivity contribution in [2.24, 2.45) is 4.99 Å². The van der Waals surface area contributed by atoms with Crippen molar-refractivity contribution in [3.05, 3.63) is 71.8 Å². The molecule has 5 heteroatoms. The summed E-state index contributed by atoms with van der Waals surface area (Å²) in [6.45, 7) is 3.33. The Bertz CT molecular complexity index is 742. The maximum absolute atomic E-state index is 4.46. The second-order valence-corrected chi connectivity index (χ2v) is 7.76. The first-order valence-electron chi connectivity index (χ1n) is 10.1. The molecule has 1 saturated heterocycles. The van der Waals surface area contributed by atoms with Crippen LogP contribution in [-0.4, -0.2) is 43.1 Å². The Morgan fingerprint density at radius 3 is 2.25 bits per heavy atom. The fraction of sp³-hybridized carbons (Fsp3) is 0.435. The molecular formula is C23H31IN4. The van der Waals surface area contributed by atoms with Crippen molar-refractivity contribution >= 4 is 29.9 Å². The van der Waals surface area contributed by atoms with E-state index in [2.05, 4.69) is 81.2 Å². The summed E-state index contributed by atoms with van der Waals surface area (Å²) in [5.74, 6) is 1.58. The van der Waals surface area contributed by atoms with Crippen molar-refractivity contribution in [3.63, 3.8) is 0 Å². The molecule has 2 unspecified atom stereocenters. The van der Waals surface area contributed by atoms with Crippen LogP contribution in [0.5, 0.6) is 0 Å². The summed E-state index contributed by atoms with van der Waals surface area (Å²) in [6, 6.07) is 22.6. The minimum Gasteiger partial charge on any atom is -0.354 e. The van der Waals surface area contributed by atoms with E-state index in [1.54, 1.807) is 0 Å². The van der Waals surface area contributed by atoms with Crippen molar-refractivity contribution in [2.75, 3.05) is 20.1 Å². The van der Waals surface area contributed by atoms with Crippen LogP contribution < -0.4 is 10.6 Å². The number of rotatable bonds is 5. The highest BCUT2D eigenvalue weighted by Crippen LogP contribution is 2.40. The van der Waals surface area contributed by atoms with Crippen molar-refractivity contribution in [1.82, 2.24) is 15.5 Å². The molecule has 2 aromatic rings. The molecule has 1 aliphatic carbocycles. The molecule has 4 rings (SSSR count). The standard InChI is InChI=1S/C23H30N4.HI/c1-24-23(26-22-16-21(22)19-10-6-3-7-11-19)25-20-12-14-27(15-13-20)17-18-8-4-2-5-9-18;/h2-11,20-22H,12-17H2,1H3,(H2,24,25,26);1H. The summed E-state index contributed by atoms with van der Waals surface area (Å²) in [6.07, 6.45) is 3.53. The maximum Gasteiger partial charge on any atom is 0.191 e. The van der Waals surface area contributed by atoms with Crippen LogP contribution in [0.3, 0.4) is 0 Å². The van der Waals surface area contributed by atoms with Gasteiger partial charge in [-0.3, -0.25) is 9.89 Å². The number of piperidine rings is 1. The van der Waals surface area contributed by atoms with Gasteiger partial charge in [-0.2, -0.15) is 0 Å². The summed E-state index contributed by atoms with van der Waals surface area (Å²) in [5, 5.41) is 7.26. The molecule has 2 fully saturated rings. The smallest absolute Gasteiger partial charge is 0.191 e. The Hall–Kier alpha value is -1.60. The molecule has 2 N–H and O–H groups in total. The third-order valence-electron chi connectivity index (χ3n) is 5.74. The van der Waals surface area contributed by atoms with Gasteiger partial charge in [0.05, 0.1) is 0 Å². The minimum absolute atomic E-state index is 0. The first-order chi connectivity index (χ1) is 13.3. The van der Waals surface area contributed by atoms with Crippen molar-refractivity contribution in [1.29, 1.82) is 0 Å². The van der Waals surface area contributed by atoms with Crippen molar-refractivity contribution in [2.45, 2.75) is 43.8 Å². The molecule has 28 heavy (non-hydrogen) atoms. The normalized spacial score (nSPS) is 23.0. The zero-order valence-electron chi connectivity index (χ0n) is 16.6. The lowest BCUT2D eigenvalue weighted by atomic mass is 10.0. The number of guanidine groups is 1. The number of nitrogens with one attached hydrogen (secondary N) is 2. The number of likely N-dealkylation sites (tertiary alicyclic amines) is 1. The molecule has 0 aromatic heterocycles. The molecule has 1 saturated carbocycles. The summed E-state index contributed by atoms with van der Waals surface area (Å²) in [4.78, 5) is 7.01. The van der Waals surface area contributed by atoms with Gasteiger partial charge in [-0.1, -0.05) is 60.7 Å². The highest BCUT2D eigenvalue weighted by molar-refractivity contribution is 14.0. The van der Waals surface area contributed by atoms with Gasteiger partial charge < -0.3 is 10.6 Å². The van der Waals surface area contributed by atoms with Gasteiger partial charge in [-0.15, -0.1) is 24.0 Å². The molecule has 150 valence electrons. The summed E-state index contributed by atoms with van der Waals surface area (Å²) in [7, 11) is 1.87. The van der Waals surface area contributed by atoms with Crippen LogP contribution in [-0.2, 0) is 6.54 Å². The van der Waals surface area contributed by atoms with Crippen LogP contribution in [0.25, 0.3) is 0 Å². The predicted octanol–water partition coefficient (Wildman–Crippen LogP) is 3.99. The summed E-state index contributed by atoms with van der Waals surface area (Å²) in [5.41, 5.74) is 2.83. The van der Waals surface area contributed by atoms with Crippen LogP contribution in [0.1, 0.15) is 36.3 Å². The van der Waals surface area contributed by atoms with Gasteiger partial charge in [0, 0.05) is 44.7 Å². The molecule has 0 bridgehead atoms. The first kappa shape index (κ1) is 21.1. The second-order valence-electron chi connectivity index (χ2n) is 7.76. The fourth-order valence-electron chi connectivity index (χ4n) is 4.04. The summed E-state index contributed by atoms with van der Waals surface area (Å²) < 4.78 is 0. The van der Waals surface area contributed by atoms with E-state index in [4.69, 9.17) is 0 Å². The maximum atomic E-state index is 4.46. The number of hydrogen-bond acceptors (Lipinski definition) is 2. The molecule has 0 amide bonds. The van der Waals surface area contributed by atoms with Crippen LogP contribution in [0.4, 0.5) is 0 Å². The number of hydrogen-bond donors (Lipinski definition) is 2. The Morgan fingerprint density at radius 1 is 0.964 bits per heavy atom. The zero-order chi connectivity index (χ0) is 18.5. The Morgan fingerprint density at radius 2 is 1.61 bits per heavy atom. The zero-order valence-corrected chi connectivity index (χ0v) is 18.9. The number of benzene rings is 2. The number of halogens is 1. The largest absolute Gasteiger partial charge is 0.354 e. The van der Waals surface area contributed by atoms with Gasteiger partial charge in [-0.25, -0.2) is 0 Å². The lowest BCUT2D eigenvalue weighted by Gasteiger charge is -2.33. The van der Waals surface area contributed by atoms with E-state index in [0.717, 1.165) is 25.6 Å². The number of aliphatic imine (C=N–C) groups is 1. The second kappa shape index (κ2) is 10.3. The van der Waals surface area contributed by atoms with Crippen LogP contribution in [0, 0.1) is 0 Å². The third-order valence-corrected chi connectivity index (χ3v) is 5.74. The average Bonchev–Trinajstić information content (AvgIpc) is 3.49. The molecule has 1 heterocycles. The third kappa shape index (κ3) is 5.70. The molecule has 2 aromatic carbocycles. The molecule has 2 atom stereocenters. The van der Waals surface area contributed by atoms with Gasteiger partial charge in [0.1, 0.15) is 0 Å². The van der Waals surface area contributed by atoms with Gasteiger partial charge in [0.2, 0.25) is 0 Å². The van der Waals surface area contributed by atoms with Crippen molar-refractivity contribution in [3.8, 4) is 0 Å². The average molecular weight is 490 g/mol. The van der Waals surface area contributed by atoms with Gasteiger partial charge >= 0.3 is 0 Å². The Kier molecular flexibility index (Phi) is 7.73. The highest BCUT2D eigenvalue weighted by atomic mass is 127. The van der Waals surface area contributed by atoms with Gasteiger partial charge in [0.15, 0.2) is 5.96 Å². The van der Waals surface area contributed by atoms with E-state index in [0.29, 0.717) is 18.0 Å². The number of nitrogens with zero attached hydrogens (tertiary/aromatic N) is 2. The molecule has 0 spiro atoms.